The summed E-state index contributed by atoms with van der Waals surface area (Å²) in [4.78, 5) is 51.3. The molecule has 0 saturated carbocycles. The van der Waals surface area contributed by atoms with E-state index in [1.165, 1.54) is 18.2 Å². The van der Waals surface area contributed by atoms with Crippen LogP contribution in [0.3, 0.4) is 0 Å². The minimum absolute atomic E-state index is 0.0917. The highest BCUT2D eigenvalue weighted by molar-refractivity contribution is 5.93. The molecule has 4 saturated heterocycles. The minimum atomic E-state index is -0.666. The Morgan fingerprint density at radius 2 is 1.17 bits per heavy atom. The van der Waals surface area contributed by atoms with E-state index >= 15 is 0 Å². The number of nitrogens with zero attached hydrogens (tertiary/aromatic N) is 2. The smallest absolute Gasteiger partial charge is 0.331 e. The van der Waals surface area contributed by atoms with Gasteiger partial charge in [0.2, 0.25) is 5.91 Å². The first-order valence-corrected chi connectivity index (χ1v) is 18.8. The predicted molar refractivity (Wildman–Crippen MR) is 194 cm³/mol. The fraction of sp³-hybridized carbons (Fsp3) is 0.600. The van der Waals surface area contributed by atoms with Crippen LogP contribution in [0.1, 0.15) is 52.4 Å². The van der Waals surface area contributed by atoms with Crippen molar-refractivity contribution in [2.75, 3.05) is 79.0 Å². The quantitative estimate of drug-likeness (QED) is 0.204. The van der Waals surface area contributed by atoms with Gasteiger partial charge >= 0.3 is 11.9 Å². The Labute approximate surface area is 317 Å². The number of ether oxygens (including phenoxy) is 8. The molecule has 0 unspecified atom stereocenters. The van der Waals surface area contributed by atoms with Gasteiger partial charge in [0.05, 0.1) is 52.9 Å². The largest absolute Gasteiger partial charge is 0.455 e. The summed E-state index contributed by atoms with van der Waals surface area (Å²) in [5.41, 5.74) is 1.99. The van der Waals surface area contributed by atoms with E-state index < -0.39 is 35.7 Å². The second-order valence-electron chi connectivity index (χ2n) is 13.6. The molecule has 2 atom stereocenters. The van der Waals surface area contributed by atoms with Gasteiger partial charge in [-0.1, -0.05) is 24.3 Å². The SMILES string of the molecule is C[C@H](/C=C\C(=O)N1CCOCC1)OC(=O)/C=C/C1=CCCC2(C1)OCCO2.C[C@H](C#CC(=O)N1CCOCC1)OC(=O)/C=C/C1=CCCC2(C1)OCCO2. The average molecular weight is 753 g/mol. The maximum atomic E-state index is 12.0. The van der Waals surface area contributed by atoms with E-state index in [0.717, 1.165) is 36.8 Å². The highest BCUT2D eigenvalue weighted by Gasteiger charge is 2.39. The highest BCUT2D eigenvalue weighted by atomic mass is 16.7. The third-order valence-electron chi connectivity index (χ3n) is 9.41. The van der Waals surface area contributed by atoms with Crippen molar-refractivity contribution in [1.82, 2.24) is 9.80 Å². The van der Waals surface area contributed by atoms with E-state index in [-0.39, 0.29) is 11.8 Å². The van der Waals surface area contributed by atoms with Gasteiger partial charge in [-0.25, -0.2) is 9.59 Å². The molecule has 294 valence electrons. The molecule has 14 nitrogen and oxygen atoms in total. The van der Waals surface area contributed by atoms with Gasteiger partial charge in [-0.2, -0.15) is 0 Å². The second kappa shape index (κ2) is 20.5. The van der Waals surface area contributed by atoms with Crippen LogP contribution in [-0.4, -0.2) is 136 Å². The van der Waals surface area contributed by atoms with Crippen LogP contribution in [0.15, 0.2) is 59.8 Å². The number of esters is 2. The van der Waals surface area contributed by atoms with Crippen LogP contribution in [0, 0.1) is 11.8 Å². The van der Waals surface area contributed by atoms with Crippen molar-refractivity contribution in [2.24, 2.45) is 0 Å². The summed E-state index contributed by atoms with van der Waals surface area (Å²) in [6.07, 6.45) is 17.0. The lowest BCUT2D eigenvalue weighted by Gasteiger charge is -2.30. The number of hydrogen-bond acceptors (Lipinski definition) is 12. The third kappa shape index (κ3) is 13.0. The first kappa shape index (κ1) is 41.1. The molecule has 4 heterocycles. The van der Waals surface area contributed by atoms with E-state index in [4.69, 9.17) is 37.9 Å². The van der Waals surface area contributed by atoms with Crippen molar-refractivity contribution in [2.45, 2.75) is 76.2 Å². The zero-order chi connectivity index (χ0) is 38.2. The van der Waals surface area contributed by atoms with Gasteiger partial charge in [-0.05, 0) is 55.8 Å². The maximum Gasteiger partial charge on any atom is 0.331 e. The molecular formula is C40H52N2O12. The molecule has 14 heteroatoms. The van der Waals surface area contributed by atoms with Crippen molar-refractivity contribution in [3.05, 3.63) is 59.8 Å². The van der Waals surface area contributed by atoms with Crippen LogP contribution in [0.4, 0.5) is 0 Å². The molecule has 0 N–H and O–H groups in total. The van der Waals surface area contributed by atoms with Crippen molar-refractivity contribution < 1.29 is 57.1 Å². The normalized spacial score (nSPS) is 23.3. The summed E-state index contributed by atoms with van der Waals surface area (Å²) in [5, 5.41) is 0. The summed E-state index contributed by atoms with van der Waals surface area (Å²) in [6.45, 7) is 10.2. The zero-order valence-corrected chi connectivity index (χ0v) is 31.3. The van der Waals surface area contributed by atoms with Crippen LogP contribution in [0.2, 0.25) is 0 Å². The lowest BCUT2D eigenvalue weighted by molar-refractivity contribution is -0.162. The number of amides is 2. The molecule has 54 heavy (non-hydrogen) atoms. The topological polar surface area (TPSA) is 149 Å². The molecule has 0 radical (unpaired) electrons. The molecule has 0 aromatic carbocycles. The van der Waals surface area contributed by atoms with Gasteiger partial charge in [0.25, 0.3) is 5.91 Å². The Morgan fingerprint density at radius 3 is 1.69 bits per heavy atom. The molecule has 2 aliphatic carbocycles. The molecular weight excluding hydrogens is 700 g/mol. The Morgan fingerprint density at radius 1 is 0.685 bits per heavy atom. The molecule has 0 aromatic rings. The predicted octanol–water partition coefficient (Wildman–Crippen LogP) is 2.93. The molecule has 0 aromatic heterocycles. The highest BCUT2D eigenvalue weighted by Crippen LogP contribution is 2.37. The summed E-state index contributed by atoms with van der Waals surface area (Å²) in [6, 6.07) is 0. The van der Waals surface area contributed by atoms with E-state index in [0.29, 0.717) is 91.9 Å². The lowest BCUT2D eigenvalue weighted by Crippen LogP contribution is -2.40. The molecule has 2 spiro atoms. The number of hydrogen-bond donors (Lipinski definition) is 0. The summed E-state index contributed by atoms with van der Waals surface area (Å²) < 4.78 is 43.8. The Hall–Kier alpha value is -4.10. The van der Waals surface area contributed by atoms with E-state index in [2.05, 4.69) is 24.0 Å². The fourth-order valence-electron chi connectivity index (χ4n) is 6.61. The fourth-order valence-corrected chi connectivity index (χ4v) is 6.61. The van der Waals surface area contributed by atoms with Gasteiger partial charge < -0.3 is 47.7 Å². The van der Waals surface area contributed by atoms with Crippen LogP contribution in [0.25, 0.3) is 0 Å². The molecule has 6 rings (SSSR count). The van der Waals surface area contributed by atoms with E-state index in [1.54, 1.807) is 41.9 Å². The minimum Gasteiger partial charge on any atom is -0.455 e. The Balaban J connectivity index is 0.000000208. The number of carbonyl (C=O) groups is 4. The van der Waals surface area contributed by atoms with Gasteiger partial charge in [0, 0.05) is 70.1 Å². The van der Waals surface area contributed by atoms with E-state index in [9.17, 15) is 19.2 Å². The molecule has 6 aliphatic rings. The molecule has 2 amide bonds. The summed E-state index contributed by atoms with van der Waals surface area (Å²) in [7, 11) is 0. The maximum absolute atomic E-state index is 12.0. The number of allylic oxidation sites excluding steroid dienone is 4. The third-order valence-corrected chi connectivity index (χ3v) is 9.41. The zero-order valence-electron chi connectivity index (χ0n) is 31.3. The van der Waals surface area contributed by atoms with Crippen molar-refractivity contribution >= 4 is 23.8 Å². The van der Waals surface area contributed by atoms with Gasteiger partial charge in [-0.3, -0.25) is 9.59 Å². The molecule has 4 aliphatic heterocycles. The lowest BCUT2D eigenvalue weighted by atomic mass is 9.93. The molecule has 4 fully saturated rings. The van der Waals surface area contributed by atoms with Crippen LogP contribution < -0.4 is 0 Å². The summed E-state index contributed by atoms with van der Waals surface area (Å²) in [5.74, 6) is 2.85. The Bertz CT molecular complexity index is 1530. The monoisotopic (exact) mass is 752 g/mol. The van der Waals surface area contributed by atoms with Gasteiger partial charge in [-0.15, -0.1) is 0 Å². The van der Waals surface area contributed by atoms with Crippen LogP contribution in [0.5, 0.6) is 0 Å². The number of carbonyl (C=O) groups excluding carboxylic acids is 4. The molecule has 0 bridgehead atoms. The van der Waals surface area contributed by atoms with E-state index in [1.807, 2.05) is 0 Å². The second-order valence-corrected chi connectivity index (χ2v) is 13.6. The van der Waals surface area contributed by atoms with Gasteiger partial charge in [0.15, 0.2) is 17.7 Å². The standard InChI is InChI=1S/C20H27NO6.C20H25NO6/c2*1-16(4-6-18(22)21-9-11-24-12-10-21)27-19(23)7-5-17-3-2-8-20(15-17)25-13-14-26-20/h3-7,16H,2,8-15H2,1H3;3,5,7,16H,2,8-15H2,1H3/b6-4-,7-5+;7-5+/t2*16-/m11/s1. The Kier molecular flexibility index (Phi) is 15.6. The van der Waals surface area contributed by atoms with Crippen LogP contribution >= 0.6 is 0 Å². The van der Waals surface area contributed by atoms with Crippen molar-refractivity contribution in [1.29, 1.82) is 0 Å². The summed E-state index contributed by atoms with van der Waals surface area (Å²) >= 11 is 0. The first-order chi connectivity index (χ1) is 26.1. The number of morpholine rings is 2. The van der Waals surface area contributed by atoms with Gasteiger partial charge in [0.1, 0.15) is 6.10 Å². The number of rotatable bonds is 8. The average Bonchev–Trinajstić information content (AvgIpc) is 3.84. The van der Waals surface area contributed by atoms with Crippen LogP contribution in [-0.2, 0) is 57.1 Å². The first-order valence-electron chi connectivity index (χ1n) is 18.8. The van der Waals surface area contributed by atoms with Crippen molar-refractivity contribution in [3.63, 3.8) is 0 Å². The van der Waals surface area contributed by atoms with Crippen molar-refractivity contribution in [3.8, 4) is 11.8 Å².